The second kappa shape index (κ2) is 5.42. The molecule has 2 heterocycles. The van der Waals surface area contributed by atoms with Crippen LogP contribution in [0.25, 0.3) is 10.9 Å². The fraction of sp³-hybridized carbons (Fsp3) is 0.556. The lowest BCUT2D eigenvalue weighted by Gasteiger charge is -2.25. The molecule has 3 N–H and O–H groups in total. The zero-order chi connectivity index (χ0) is 17.9. The zero-order valence-electron chi connectivity index (χ0n) is 14.6. The van der Waals surface area contributed by atoms with E-state index in [1.165, 1.54) is 6.07 Å². The highest BCUT2D eigenvalue weighted by Gasteiger charge is 2.33. The molecule has 0 bridgehead atoms. The van der Waals surface area contributed by atoms with E-state index in [1.54, 1.807) is 4.57 Å². The highest BCUT2D eigenvalue weighted by Crippen LogP contribution is 2.38. The molecule has 134 valence electrons. The van der Waals surface area contributed by atoms with E-state index < -0.39 is 17.1 Å². The van der Waals surface area contributed by atoms with Gasteiger partial charge in [-0.05, 0) is 61.8 Å². The lowest BCUT2D eigenvalue weighted by atomic mass is 9.81. The first kappa shape index (κ1) is 16.3. The second-order valence-corrected chi connectivity index (χ2v) is 7.83. The van der Waals surface area contributed by atoms with E-state index in [1.807, 2.05) is 6.92 Å². The molecule has 1 saturated carbocycles. The predicted molar refractivity (Wildman–Crippen MR) is 94.9 cm³/mol. The van der Waals surface area contributed by atoms with Crippen LogP contribution in [0.2, 0.25) is 0 Å². The summed E-state index contributed by atoms with van der Waals surface area (Å²) in [7, 11) is 0. The summed E-state index contributed by atoms with van der Waals surface area (Å²) in [6.07, 6.45) is 3.31. The van der Waals surface area contributed by atoms with E-state index in [2.05, 4.69) is 12.2 Å². The number of halogens is 1. The quantitative estimate of drug-likeness (QED) is 0.818. The highest BCUT2D eigenvalue weighted by molar-refractivity contribution is 5.83. The van der Waals surface area contributed by atoms with Gasteiger partial charge in [0.15, 0.2) is 0 Å². The minimum Gasteiger partial charge on any atom is -0.332 e. The molecule has 1 aromatic carbocycles. The number of hydrogen-bond donors (Lipinski definition) is 2. The van der Waals surface area contributed by atoms with Crippen LogP contribution in [0.15, 0.2) is 15.7 Å². The molecule has 1 unspecified atom stereocenters. The summed E-state index contributed by atoms with van der Waals surface area (Å²) in [4.78, 5) is 25.0. The third-order valence-electron chi connectivity index (χ3n) is 5.70. The Hall–Kier alpha value is -2.15. The first-order valence-corrected chi connectivity index (χ1v) is 8.77. The van der Waals surface area contributed by atoms with Crippen molar-refractivity contribution in [2.24, 2.45) is 5.41 Å². The zero-order valence-corrected chi connectivity index (χ0v) is 14.6. The average molecular weight is 346 g/mol. The van der Waals surface area contributed by atoms with E-state index in [0.29, 0.717) is 27.7 Å². The maximum Gasteiger partial charge on any atom is 0.350 e. The van der Waals surface area contributed by atoms with Crippen LogP contribution in [0.3, 0.4) is 0 Å². The van der Waals surface area contributed by atoms with E-state index in [4.69, 9.17) is 5.84 Å². The number of nitrogen functional groups attached to an aromatic ring is 1. The standard InChI is InChI=1S/C18H23FN4O2/c1-10-13(8-18(2)5-6-21-9-18)14(19)7-12-15(10)22(11-3-4-11)17(25)23(20)16(12)24/h7,11,21H,3-6,8-9,20H2,1-2H3. The fourth-order valence-corrected chi connectivity index (χ4v) is 4.04. The Kier molecular flexibility index (Phi) is 3.54. The minimum absolute atomic E-state index is 0.0210. The Balaban J connectivity index is 2.00. The normalized spacial score (nSPS) is 23.5. The summed E-state index contributed by atoms with van der Waals surface area (Å²) in [6, 6.07) is 1.30. The molecule has 1 aliphatic heterocycles. The number of rotatable bonds is 3. The van der Waals surface area contributed by atoms with Crippen molar-refractivity contribution in [3.05, 3.63) is 43.8 Å². The van der Waals surface area contributed by atoms with Gasteiger partial charge >= 0.3 is 5.69 Å². The summed E-state index contributed by atoms with van der Waals surface area (Å²) in [6.45, 7) is 5.71. The lowest BCUT2D eigenvalue weighted by Crippen LogP contribution is -2.44. The van der Waals surface area contributed by atoms with Crippen LogP contribution in [-0.2, 0) is 6.42 Å². The van der Waals surface area contributed by atoms with Gasteiger partial charge in [0.1, 0.15) is 5.82 Å². The van der Waals surface area contributed by atoms with Crippen molar-refractivity contribution in [2.45, 2.75) is 45.6 Å². The van der Waals surface area contributed by atoms with Gasteiger partial charge in [0.05, 0.1) is 10.9 Å². The Morgan fingerprint density at radius 3 is 2.72 bits per heavy atom. The van der Waals surface area contributed by atoms with E-state index in [0.717, 1.165) is 32.4 Å². The van der Waals surface area contributed by atoms with Gasteiger partial charge in [-0.15, -0.1) is 0 Å². The topological polar surface area (TPSA) is 82.1 Å². The van der Waals surface area contributed by atoms with Gasteiger partial charge in [-0.3, -0.25) is 9.36 Å². The summed E-state index contributed by atoms with van der Waals surface area (Å²) in [5.74, 6) is 5.25. The summed E-state index contributed by atoms with van der Waals surface area (Å²) in [5.41, 5.74) is 0.651. The van der Waals surface area contributed by atoms with Gasteiger partial charge in [0.25, 0.3) is 5.56 Å². The molecule has 0 spiro atoms. The predicted octanol–water partition coefficient (Wildman–Crippen LogP) is 1.20. The number of nitrogens with zero attached hydrogens (tertiary/aromatic N) is 2. The molecule has 2 aromatic rings. The van der Waals surface area contributed by atoms with Crippen molar-refractivity contribution in [3.63, 3.8) is 0 Å². The van der Waals surface area contributed by atoms with Crippen molar-refractivity contribution >= 4 is 10.9 Å². The number of aryl methyl sites for hydroxylation is 1. The summed E-state index contributed by atoms with van der Waals surface area (Å²) in [5, 5.41) is 3.51. The van der Waals surface area contributed by atoms with Gasteiger partial charge < -0.3 is 11.2 Å². The van der Waals surface area contributed by atoms with E-state index in [9.17, 15) is 14.0 Å². The molecule has 0 amide bonds. The van der Waals surface area contributed by atoms with E-state index in [-0.39, 0.29) is 16.8 Å². The van der Waals surface area contributed by atoms with Crippen LogP contribution in [0.5, 0.6) is 0 Å². The molecule has 4 rings (SSSR count). The van der Waals surface area contributed by atoms with Gasteiger partial charge in [-0.1, -0.05) is 6.92 Å². The molecule has 1 aromatic heterocycles. The molecule has 7 heteroatoms. The van der Waals surface area contributed by atoms with E-state index >= 15 is 0 Å². The Bertz CT molecular complexity index is 981. The van der Waals surface area contributed by atoms with Crippen LogP contribution in [-0.4, -0.2) is 22.3 Å². The van der Waals surface area contributed by atoms with Gasteiger partial charge in [0.2, 0.25) is 0 Å². The molecule has 1 atom stereocenters. The molecule has 2 aliphatic rings. The van der Waals surface area contributed by atoms with Crippen LogP contribution in [0.4, 0.5) is 4.39 Å². The molecular weight excluding hydrogens is 323 g/mol. The largest absolute Gasteiger partial charge is 0.350 e. The minimum atomic E-state index is -0.640. The van der Waals surface area contributed by atoms with Gasteiger partial charge in [-0.2, -0.15) is 4.68 Å². The monoisotopic (exact) mass is 346 g/mol. The number of nitrogens with two attached hydrogens (primary N) is 1. The summed E-state index contributed by atoms with van der Waals surface area (Å²) >= 11 is 0. The Labute approximate surface area is 144 Å². The molecule has 6 nitrogen and oxygen atoms in total. The molecule has 2 fully saturated rings. The summed E-state index contributed by atoms with van der Waals surface area (Å²) < 4.78 is 17.1. The van der Waals surface area contributed by atoms with Crippen molar-refractivity contribution in [1.29, 1.82) is 0 Å². The van der Waals surface area contributed by atoms with Gasteiger partial charge in [-0.25, -0.2) is 9.18 Å². The SMILES string of the molecule is Cc1c(CC2(C)CCNC2)c(F)cc2c(=O)n(N)c(=O)n(C3CC3)c12. The van der Waals surface area contributed by atoms with Crippen LogP contribution in [0, 0.1) is 18.2 Å². The number of fused-ring (bicyclic) bond motifs is 1. The Morgan fingerprint density at radius 1 is 1.40 bits per heavy atom. The van der Waals surface area contributed by atoms with Crippen molar-refractivity contribution in [3.8, 4) is 0 Å². The third-order valence-corrected chi connectivity index (χ3v) is 5.70. The highest BCUT2D eigenvalue weighted by atomic mass is 19.1. The van der Waals surface area contributed by atoms with Crippen LogP contribution >= 0.6 is 0 Å². The first-order valence-electron chi connectivity index (χ1n) is 8.77. The molecule has 1 saturated heterocycles. The number of nitrogens with one attached hydrogen (secondary N) is 1. The van der Waals surface area contributed by atoms with Crippen molar-refractivity contribution in [1.82, 2.24) is 14.6 Å². The molecule has 0 radical (unpaired) electrons. The Morgan fingerprint density at radius 2 is 2.12 bits per heavy atom. The molecule has 25 heavy (non-hydrogen) atoms. The lowest BCUT2D eigenvalue weighted by molar-refractivity contribution is 0.356. The molecule has 1 aliphatic carbocycles. The number of aromatic nitrogens is 2. The smallest absolute Gasteiger partial charge is 0.332 e. The maximum atomic E-state index is 14.9. The fourth-order valence-electron chi connectivity index (χ4n) is 4.04. The van der Waals surface area contributed by atoms with Crippen molar-refractivity contribution < 1.29 is 4.39 Å². The first-order chi connectivity index (χ1) is 11.8. The molecular formula is C18H23FN4O2. The average Bonchev–Trinajstić information content (AvgIpc) is 3.32. The van der Waals surface area contributed by atoms with Crippen LogP contribution < -0.4 is 22.4 Å². The number of benzene rings is 1. The van der Waals surface area contributed by atoms with Crippen LogP contribution in [0.1, 0.15) is 43.4 Å². The maximum absolute atomic E-state index is 14.9. The van der Waals surface area contributed by atoms with Crippen molar-refractivity contribution in [2.75, 3.05) is 18.9 Å². The van der Waals surface area contributed by atoms with Gasteiger partial charge in [0, 0.05) is 12.6 Å². The number of hydrogen-bond acceptors (Lipinski definition) is 4. The second-order valence-electron chi connectivity index (χ2n) is 7.83. The third kappa shape index (κ3) is 2.49.